The first kappa shape index (κ1) is 27.9. The summed E-state index contributed by atoms with van der Waals surface area (Å²) in [5.74, 6) is 2.60. The summed E-state index contributed by atoms with van der Waals surface area (Å²) in [7, 11) is 1.67. The molecule has 8 heteroatoms. The van der Waals surface area contributed by atoms with Crippen molar-refractivity contribution in [2.45, 2.75) is 64.1 Å². The number of methoxy groups -OCH3 is 1. The molecule has 1 aliphatic heterocycles. The average molecular weight is 546 g/mol. The Bertz CT molecular complexity index is 1310. The fraction of sp³-hybridized carbons (Fsp3) is 0.438. The first-order valence-electron chi connectivity index (χ1n) is 14.0. The van der Waals surface area contributed by atoms with Gasteiger partial charge in [0.05, 0.1) is 19.1 Å². The minimum atomic E-state index is -0.566. The Morgan fingerprint density at radius 3 is 2.45 bits per heavy atom. The Morgan fingerprint density at radius 2 is 1.77 bits per heavy atom. The van der Waals surface area contributed by atoms with Crippen LogP contribution >= 0.6 is 0 Å². The maximum Gasteiger partial charge on any atom is 0.236 e. The van der Waals surface area contributed by atoms with E-state index in [1.165, 1.54) is 0 Å². The second-order valence-corrected chi connectivity index (χ2v) is 11.0. The van der Waals surface area contributed by atoms with Crippen LogP contribution in [-0.4, -0.2) is 54.9 Å². The number of anilines is 1. The smallest absolute Gasteiger partial charge is 0.236 e. The highest BCUT2D eigenvalue weighted by Crippen LogP contribution is 2.51. The Hall–Kier alpha value is -3.62. The van der Waals surface area contributed by atoms with Crippen LogP contribution in [0.2, 0.25) is 0 Å². The maximum absolute atomic E-state index is 13.4. The number of benzene rings is 2. The third-order valence-corrected chi connectivity index (χ3v) is 7.82. The van der Waals surface area contributed by atoms with E-state index in [1.54, 1.807) is 13.3 Å². The molecular formula is C32H39N3O5. The highest BCUT2D eigenvalue weighted by Gasteiger charge is 2.51. The average Bonchev–Trinajstić information content (AvgIpc) is 3.64. The Labute approximate surface area is 236 Å². The molecule has 0 spiro atoms. The van der Waals surface area contributed by atoms with E-state index < -0.39 is 5.41 Å². The number of rotatable bonds is 12. The molecule has 212 valence electrons. The Kier molecular flexibility index (Phi) is 8.28. The molecule has 1 atom stereocenters. The first-order chi connectivity index (χ1) is 19.3. The zero-order chi connectivity index (χ0) is 28.3. The number of pyridine rings is 1. The minimum Gasteiger partial charge on any atom is -0.496 e. The lowest BCUT2D eigenvalue weighted by Crippen LogP contribution is -2.39. The standard InChI is InChI=1S/C32H39N3O5/c1-21(2)35(22(3)4)16-17-38-30(25-8-6-7-9-26(25)37-5)23-10-13-29(33-19-23)34-31(36)32(14-15-32)24-11-12-27-28(18-24)40-20-39-27/h6-13,18-19,21-22,30H,14-17,20H2,1-5H3,(H,33,34,36). The second-order valence-electron chi connectivity index (χ2n) is 11.0. The lowest BCUT2D eigenvalue weighted by Gasteiger charge is -2.31. The van der Waals surface area contributed by atoms with Crippen molar-refractivity contribution in [3.05, 3.63) is 77.5 Å². The second kappa shape index (κ2) is 11.9. The number of carbonyl (C=O) groups excluding carboxylic acids is 1. The van der Waals surface area contributed by atoms with E-state index in [0.717, 1.165) is 41.8 Å². The van der Waals surface area contributed by atoms with Crippen molar-refractivity contribution in [3.8, 4) is 17.2 Å². The molecule has 0 saturated heterocycles. The summed E-state index contributed by atoms with van der Waals surface area (Å²) in [6.07, 6.45) is 2.97. The van der Waals surface area contributed by atoms with Gasteiger partial charge in [-0.05, 0) is 70.4 Å². The fourth-order valence-corrected chi connectivity index (χ4v) is 5.47. The van der Waals surface area contributed by atoms with Crippen LogP contribution < -0.4 is 19.5 Å². The molecule has 5 rings (SSSR count). The summed E-state index contributed by atoms with van der Waals surface area (Å²) in [4.78, 5) is 20.4. The molecule has 40 heavy (non-hydrogen) atoms. The van der Waals surface area contributed by atoms with Gasteiger partial charge in [-0.25, -0.2) is 4.98 Å². The van der Waals surface area contributed by atoms with Crippen LogP contribution in [0.15, 0.2) is 60.8 Å². The fourth-order valence-electron chi connectivity index (χ4n) is 5.47. The summed E-state index contributed by atoms with van der Waals surface area (Å²) in [6, 6.07) is 18.3. The van der Waals surface area contributed by atoms with Gasteiger partial charge in [0.25, 0.3) is 0 Å². The third-order valence-electron chi connectivity index (χ3n) is 7.82. The minimum absolute atomic E-state index is 0.0633. The number of carbonyl (C=O) groups is 1. The van der Waals surface area contributed by atoms with E-state index >= 15 is 0 Å². The van der Waals surface area contributed by atoms with Crippen molar-refractivity contribution in [1.29, 1.82) is 0 Å². The topological polar surface area (TPSA) is 82.2 Å². The van der Waals surface area contributed by atoms with Gasteiger partial charge in [-0.3, -0.25) is 9.69 Å². The number of hydrogen-bond donors (Lipinski definition) is 1. The van der Waals surface area contributed by atoms with E-state index in [9.17, 15) is 4.79 Å². The van der Waals surface area contributed by atoms with Gasteiger partial charge < -0.3 is 24.3 Å². The van der Waals surface area contributed by atoms with Crippen LogP contribution in [0.5, 0.6) is 17.2 Å². The van der Waals surface area contributed by atoms with Crippen LogP contribution in [0, 0.1) is 0 Å². The molecule has 0 bridgehead atoms. The van der Waals surface area contributed by atoms with Gasteiger partial charge in [0.1, 0.15) is 17.7 Å². The molecule has 2 aliphatic rings. The van der Waals surface area contributed by atoms with E-state index in [2.05, 4.69) is 42.9 Å². The predicted octanol–water partition coefficient (Wildman–Crippen LogP) is 5.71. The molecule has 2 aromatic carbocycles. The summed E-state index contributed by atoms with van der Waals surface area (Å²) in [5, 5.41) is 3.03. The summed E-state index contributed by atoms with van der Waals surface area (Å²) >= 11 is 0. The summed E-state index contributed by atoms with van der Waals surface area (Å²) in [5.41, 5.74) is 2.19. The largest absolute Gasteiger partial charge is 0.496 e. The molecule has 2 heterocycles. The zero-order valence-electron chi connectivity index (χ0n) is 24.0. The van der Waals surface area contributed by atoms with Gasteiger partial charge in [-0.1, -0.05) is 30.3 Å². The maximum atomic E-state index is 13.4. The van der Waals surface area contributed by atoms with Crippen LogP contribution in [0.3, 0.4) is 0 Å². The number of ether oxygens (including phenoxy) is 4. The third kappa shape index (κ3) is 5.78. The predicted molar refractivity (Wildman–Crippen MR) is 154 cm³/mol. The molecule has 0 radical (unpaired) electrons. The molecule has 8 nitrogen and oxygen atoms in total. The SMILES string of the molecule is COc1ccccc1C(OCCN(C(C)C)C(C)C)c1ccc(NC(=O)C2(c3ccc4c(c3)OCO4)CC2)nc1. The number of nitrogens with zero attached hydrogens (tertiary/aromatic N) is 2. The summed E-state index contributed by atoms with van der Waals surface area (Å²) < 4.78 is 23.1. The zero-order valence-corrected chi connectivity index (χ0v) is 24.0. The number of amides is 1. The van der Waals surface area contributed by atoms with Gasteiger partial charge in [-0.2, -0.15) is 0 Å². The normalized spacial score (nSPS) is 15.9. The quantitative estimate of drug-likeness (QED) is 0.312. The van der Waals surface area contributed by atoms with Crippen molar-refractivity contribution in [2.75, 3.05) is 32.4 Å². The lowest BCUT2D eigenvalue weighted by atomic mass is 9.94. The van der Waals surface area contributed by atoms with E-state index in [4.69, 9.17) is 18.9 Å². The molecule has 3 aromatic rings. The summed E-state index contributed by atoms with van der Waals surface area (Å²) in [6.45, 7) is 10.4. The molecule has 1 unspecified atom stereocenters. The Morgan fingerprint density at radius 1 is 1.02 bits per heavy atom. The number of hydrogen-bond acceptors (Lipinski definition) is 7. The van der Waals surface area contributed by atoms with Crippen molar-refractivity contribution < 1.29 is 23.7 Å². The van der Waals surface area contributed by atoms with E-state index in [1.807, 2.05) is 54.6 Å². The van der Waals surface area contributed by atoms with Crippen LogP contribution in [0.1, 0.15) is 63.3 Å². The van der Waals surface area contributed by atoms with Crippen molar-refractivity contribution in [1.82, 2.24) is 9.88 Å². The molecular weight excluding hydrogens is 506 g/mol. The van der Waals surface area contributed by atoms with Crippen molar-refractivity contribution >= 4 is 11.7 Å². The first-order valence-corrected chi connectivity index (χ1v) is 14.0. The van der Waals surface area contributed by atoms with Gasteiger partial charge in [0.2, 0.25) is 12.7 Å². The molecule has 1 amide bonds. The molecule has 1 saturated carbocycles. The molecule has 1 N–H and O–H groups in total. The highest BCUT2D eigenvalue weighted by atomic mass is 16.7. The monoisotopic (exact) mass is 545 g/mol. The van der Waals surface area contributed by atoms with Gasteiger partial charge in [-0.15, -0.1) is 0 Å². The lowest BCUT2D eigenvalue weighted by molar-refractivity contribution is -0.118. The van der Waals surface area contributed by atoms with Crippen molar-refractivity contribution in [2.24, 2.45) is 0 Å². The molecule has 1 fully saturated rings. The number of fused-ring (bicyclic) bond motifs is 1. The molecule has 1 aliphatic carbocycles. The van der Waals surface area contributed by atoms with Gasteiger partial charge >= 0.3 is 0 Å². The highest BCUT2D eigenvalue weighted by molar-refractivity contribution is 6.01. The Balaban J connectivity index is 1.32. The van der Waals surface area contributed by atoms with Crippen molar-refractivity contribution in [3.63, 3.8) is 0 Å². The number of nitrogens with one attached hydrogen (secondary N) is 1. The van der Waals surface area contributed by atoms with Crippen LogP contribution in [0.25, 0.3) is 0 Å². The van der Waals surface area contributed by atoms with E-state index in [0.29, 0.717) is 36.0 Å². The molecule has 1 aromatic heterocycles. The van der Waals surface area contributed by atoms with Crippen LogP contribution in [-0.2, 0) is 14.9 Å². The van der Waals surface area contributed by atoms with Gasteiger partial charge in [0, 0.05) is 36.0 Å². The number of aromatic nitrogens is 1. The number of para-hydroxylation sites is 1. The van der Waals surface area contributed by atoms with Crippen LogP contribution in [0.4, 0.5) is 5.82 Å². The van der Waals surface area contributed by atoms with Gasteiger partial charge in [0.15, 0.2) is 11.5 Å². The van der Waals surface area contributed by atoms with E-state index in [-0.39, 0.29) is 18.8 Å².